The summed E-state index contributed by atoms with van der Waals surface area (Å²) >= 11 is 6.73. The van der Waals surface area contributed by atoms with Gasteiger partial charge in [0, 0.05) is 12.1 Å². The molecule has 0 atom stereocenters. The number of ether oxygens (including phenoxy) is 1. The second kappa shape index (κ2) is 9.92. The van der Waals surface area contributed by atoms with Crippen molar-refractivity contribution >= 4 is 57.4 Å². The summed E-state index contributed by atoms with van der Waals surface area (Å²) in [5, 5.41) is 9.05. The largest absolute Gasteiger partial charge is 0.496 e. The Labute approximate surface area is 216 Å². The number of H-pyrrole nitrogens is 1. The van der Waals surface area contributed by atoms with E-state index in [4.69, 9.17) is 22.1 Å². The summed E-state index contributed by atoms with van der Waals surface area (Å²) in [7, 11) is 1.60. The van der Waals surface area contributed by atoms with Gasteiger partial charge in [-0.3, -0.25) is 9.69 Å². The number of rotatable bonds is 7. The first-order chi connectivity index (χ1) is 17.4. The molecular formula is C26H20N4O4S2. The van der Waals surface area contributed by atoms with Crippen LogP contribution < -0.4 is 4.74 Å². The summed E-state index contributed by atoms with van der Waals surface area (Å²) in [6.07, 6.45) is 3.98. The number of thiocarbonyl (C=S) groups is 1. The number of fused-ring (bicyclic) bond motifs is 1. The molecule has 36 heavy (non-hydrogen) atoms. The number of carboxylic acid groups (broad SMARTS) is 1. The molecule has 1 saturated heterocycles. The van der Waals surface area contributed by atoms with Crippen LogP contribution in [0.3, 0.4) is 0 Å². The lowest BCUT2D eigenvalue weighted by Crippen LogP contribution is -2.30. The number of nitrogens with one attached hydrogen (secondary N) is 1. The molecule has 2 N–H and O–H groups in total. The fourth-order valence-corrected chi connectivity index (χ4v) is 5.20. The van der Waals surface area contributed by atoms with Crippen molar-refractivity contribution < 1.29 is 19.4 Å². The Balaban J connectivity index is 1.36. The van der Waals surface area contributed by atoms with E-state index in [2.05, 4.69) is 15.0 Å². The highest BCUT2D eigenvalue weighted by molar-refractivity contribution is 8.26. The van der Waals surface area contributed by atoms with Gasteiger partial charge in [-0.1, -0.05) is 42.2 Å². The number of benzene rings is 2. The minimum Gasteiger partial charge on any atom is -0.496 e. The molecule has 1 amide bonds. The first-order valence-corrected chi connectivity index (χ1v) is 12.2. The van der Waals surface area contributed by atoms with E-state index in [9.17, 15) is 9.59 Å². The zero-order valence-electron chi connectivity index (χ0n) is 19.1. The van der Waals surface area contributed by atoms with E-state index in [-0.39, 0.29) is 11.5 Å². The second-order valence-electron chi connectivity index (χ2n) is 8.02. The molecule has 10 heteroatoms. The maximum atomic E-state index is 13.1. The van der Waals surface area contributed by atoms with Crippen molar-refractivity contribution in [1.82, 2.24) is 19.9 Å². The topological polar surface area (TPSA) is 108 Å². The van der Waals surface area contributed by atoms with E-state index in [1.807, 2.05) is 36.4 Å². The van der Waals surface area contributed by atoms with Gasteiger partial charge in [-0.2, -0.15) is 0 Å². The third-order valence-corrected chi connectivity index (χ3v) is 7.16. The molecule has 0 spiro atoms. The highest BCUT2D eigenvalue weighted by atomic mass is 32.2. The Kier molecular flexibility index (Phi) is 6.53. The third kappa shape index (κ3) is 4.73. The van der Waals surface area contributed by atoms with Crippen LogP contribution in [0.15, 0.2) is 65.8 Å². The van der Waals surface area contributed by atoms with E-state index < -0.39 is 5.97 Å². The molecule has 3 heterocycles. The van der Waals surface area contributed by atoms with E-state index in [0.29, 0.717) is 39.3 Å². The summed E-state index contributed by atoms with van der Waals surface area (Å²) in [6, 6.07) is 16.1. The fraction of sp³-hybridized carbons (Fsp3) is 0.115. The van der Waals surface area contributed by atoms with Crippen molar-refractivity contribution in [2.24, 2.45) is 0 Å². The molecule has 8 nitrogen and oxygen atoms in total. The highest BCUT2D eigenvalue weighted by Gasteiger charge is 2.31. The molecule has 0 saturated carbocycles. The molecule has 1 aliphatic heterocycles. The second-order valence-corrected chi connectivity index (χ2v) is 9.69. The van der Waals surface area contributed by atoms with Crippen molar-refractivity contribution in [2.75, 3.05) is 13.7 Å². The molecule has 0 radical (unpaired) electrons. The van der Waals surface area contributed by atoms with Crippen LogP contribution in [0.2, 0.25) is 0 Å². The maximum absolute atomic E-state index is 13.1. The average Bonchev–Trinajstić information content (AvgIpc) is 3.46. The minimum atomic E-state index is -0.970. The smallest absolute Gasteiger partial charge is 0.335 e. The van der Waals surface area contributed by atoms with Crippen LogP contribution in [0, 0.1) is 0 Å². The fourth-order valence-electron chi connectivity index (χ4n) is 3.89. The standard InChI is InChI=1S/C26H20N4O4S2/c1-34-21-9-4-16(12-18(21)19-7-8-20-23(29-19)28-14-27-20)13-22-24(31)30(26(35)36-22)11-10-15-2-5-17(6-3-15)25(32)33/h2-9,12-14H,10-11H2,1H3,(H,32,33)(H,27,28,29)/b22-13-. The number of nitrogens with zero attached hydrogens (tertiary/aromatic N) is 3. The number of aromatic carboxylic acids is 1. The molecular weight excluding hydrogens is 496 g/mol. The lowest BCUT2D eigenvalue weighted by atomic mass is 10.1. The van der Waals surface area contributed by atoms with Gasteiger partial charge in [0.25, 0.3) is 5.91 Å². The number of amides is 1. The van der Waals surface area contributed by atoms with Gasteiger partial charge >= 0.3 is 5.97 Å². The van der Waals surface area contributed by atoms with Gasteiger partial charge in [-0.25, -0.2) is 14.8 Å². The molecule has 0 unspecified atom stereocenters. The molecule has 5 rings (SSSR count). The average molecular weight is 517 g/mol. The molecule has 0 aliphatic carbocycles. The predicted molar refractivity (Wildman–Crippen MR) is 143 cm³/mol. The van der Waals surface area contributed by atoms with Crippen molar-refractivity contribution in [3.8, 4) is 17.0 Å². The SMILES string of the molecule is COc1ccc(/C=C2\SC(=S)N(CCc3ccc(C(=O)O)cc3)C2=O)cc1-c1ccc2[nH]cnc2n1. The van der Waals surface area contributed by atoms with Crippen LogP contribution in [-0.4, -0.2) is 54.8 Å². The number of hydrogen-bond donors (Lipinski definition) is 2. The number of pyridine rings is 1. The summed E-state index contributed by atoms with van der Waals surface area (Å²) in [5.41, 5.74) is 4.93. The van der Waals surface area contributed by atoms with Crippen LogP contribution in [0.25, 0.3) is 28.5 Å². The van der Waals surface area contributed by atoms with E-state index in [1.54, 1.807) is 42.6 Å². The van der Waals surface area contributed by atoms with Gasteiger partial charge in [0.05, 0.1) is 35.1 Å². The number of methoxy groups -OCH3 is 1. The van der Waals surface area contributed by atoms with Gasteiger partial charge in [-0.15, -0.1) is 0 Å². The number of aromatic nitrogens is 3. The summed E-state index contributed by atoms with van der Waals surface area (Å²) < 4.78 is 6.04. The quantitative estimate of drug-likeness (QED) is 0.267. The van der Waals surface area contributed by atoms with E-state index in [1.165, 1.54) is 11.8 Å². The Bertz CT molecular complexity index is 1530. The molecule has 2 aromatic carbocycles. The Morgan fingerprint density at radius 1 is 1.19 bits per heavy atom. The zero-order chi connectivity index (χ0) is 25.2. The van der Waals surface area contributed by atoms with Crippen molar-refractivity contribution in [1.29, 1.82) is 0 Å². The van der Waals surface area contributed by atoms with Crippen LogP contribution in [0.5, 0.6) is 5.75 Å². The van der Waals surface area contributed by atoms with Gasteiger partial charge < -0.3 is 14.8 Å². The van der Waals surface area contributed by atoms with Gasteiger partial charge in [0.1, 0.15) is 10.1 Å². The van der Waals surface area contributed by atoms with Crippen LogP contribution in [-0.2, 0) is 11.2 Å². The normalized spacial score (nSPS) is 14.7. The van der Waals surface area contributed by atoms with Crippen LogP contribution >= 0.6 is 24.0 Å². The Morgan fingerprint density at radius 3 is 2.75 bits per heavy atom. The number of imidazole rings is 1. The summed E-state index contributed by atoms with van der Waals surface area (Å²) in [4.78, 5) is 38.1. The van der Waals surface area contributed by atoms with Gasteiger partial charge in [-0.05, 0) is 60.0 Å². The number of thioether (sulfide) groups is 1. The molecule has 1 fully saturated rings. The molecule has 0 bridgehead atoms. The predicted octanol–water partition coefficient (Wildman–Crippen LogP) is 4.78. The number of carboxylic acids is 1. The number of carbonyl (C=O) groups is 2. The Morgan fingerprint density at radius 2 is 2.00 bits per heavy atom. The third-order valence-electron chi connectivity index (χ3n) is 5.78. The first kappa shape index (κ1) is 23.7. The zero-order valence-corrected chi connectivity index (χ0v) is 20.7. The Hall–Kier alpha value is -4.02. The number of carbonyl (C=O) groups excluding carboxylic acids is 1. The molecule has 180 valence electrons. The monoisotopic (exact) mass is 516 g/mol. The van der Waals surface area contributed by atoms with Crippen molar-refractivity contribution in [3.63, 3.8) is 0 Å². The van der Waals surface area contributed by atoms with E-state index >= 15 is 0 Å². The van der Waals surface area contributed by atoms with Crippen LogP contribution in [0.4, 0.5) is 0 Å². The lowest BCUT2D eigenvalue weighted by molar-refractivity contribution is -0.122. The summed E-state index contributed by atoms with van der Waals surface area (Å²) in [5.74, 6) is -0.459. The molecule has 1 aliphatic rings. The van der Waals surface area contributed by atoms with Crippen LogP contribution in [0.1, 0.15) is 21.5 Å². The first-order valence-electron chi connectivity index (χ1n) is 11.0. The number of hydrogen-bond acceptors (Lipinski definition) is 7. The highest BCUT2D eigenvalue weighted by Crippen LogP contribution is 2.35. The number of aromatic amines is 1. The van der Waals surface area contributed by atoms with Crippen molar-refractivity contribution in [2.45, 2.75) is 6.42 Å². The van der Waals surface area contributed by atoms with Gasteiger partial charge in [0.15, 0.2) is 5.65 Å². The molecule has 2 aromatic heterocycles. The lowest BCUT2D eigenvalue weighted by Gasteiger charge is -2.14. The molecule has 4 aromatic rings. The van der Waals surface area contributed by atoms with E-state index in [0.717, 1.165) is 22.2 Å². The van der Waals surface area contributed by atoms with Crippen molar-refractivity contribution in [3.05, 3.63) is 82.5 Å². The maximum Gasteiger partial charge on any atom is 0.335 e. The minimum absolute atomic E-state index is 0.152. The van der Waals surface area contributed by atoms with Gasteiger partial charge in [0.2, 0.25) is 0 Å². The summed E-state index contributed by atoms with van der Waals surface area (Å²) in [6.45, 7) is 0.413.